The first-order chi connectivity index (χ1) is 7.59. The second-order valence-electron chi connectivity index (χ2n) is 3.51. The lowest BCUT2D eigenvalue weighted by Crippen LogP contribution is -1.94. The van der Waals surface area contributed by atoms with Gasteiger partial charge in [0.2, 0.25) is 0 Å². The Morgan fingerprint density at radius 2 is 1.62 bits per heavy atom. The second-order valence-corrected chi connectivity index (χ2v) is 3.51. The van der Waals surface area contributed by atoms with Crippen LogP contribution in [0, 0.1) is 25.7 Å². The molecule has 1 rings (SSSR count). The van der Waals surface area contributed by atoms with Gasteiger partial charge >= 0.3 is 0 Å². The molecule has 0 N–H and O–H groups in total. The van der Waals surface area contributed by atoms with E-state index in [0.717, 1.165) is 5.56 Å². The standard InChI is InChI=1S/C14H14O2/c1-11(15)5-3-4-6-13-7-9-14(10-8-13)12(2)16/h3-10H,1-2H3. The van der Waals surface area contributed by atoms with Gasteiger partial charge in [-0.1, -0.05) is 24.3 Å². The fourth-order valence-corrected chi connectivity index (χ4v) is 1.19. The minimum absolute atomic E-state index is 0.0246. The summed E-state index contributed by atoms with van der Waals surface area (Å²) in [6, 6.07) is 7.32. The van der Waals surface area contributed by atoms with Crippen LogP contribution in [0.3, 0.4) is 0 Å². The van der Waals surface area contributed by atoms with E-state index in [2.05, 4.69) is 0 Å². The molecule has 0 saturated carbocycles. The molecule has 0 saturated heterocycles. The van der Waals surface area contributed by atoms with E-state index in [1.165, 1.54) is 13.3 Å². The van der Waals surface area contributed by atoms with Crippen molar-refractivity contribution in [3.05, 3.63) is 61.1 Å². The van der Waals surface area contributed by atoms with Gasteiger partial charge in [-0.2, -0.15) is 0 Å². The van der Waals surface area contributed by atoms with Crippen LogP contribution in [0.25, 0.3) is 0 Å². The van der Waals surface area contributed by atoms with Gasteiger partial charge in [0.25, 0.3) is 0 Å². The van der Waals surface area contributed by atoms with Crippen molar-refractivity contribution < 1.29 is 9.59 Å². The smallest absolute Gasteiger partial charge is 0.159 e. The molecule has 1 aromatic rings. The van der Waals surface area contributed by atoms with Gasteiger partial charge in [0.05, 0.1) is 0 Å². The topological polar surface area (TPSA) is 34.1 Å². The molecular weight excluding hydrogens is 200 g/mol. The van der Waals surface area contributed by atoms with Gasteiger partial charge in [0.1, 0.15) is 5.78 Å². The van der Waals surface area contributed by atoms with Gasteiger partial charge in [0.15, 0.2) is 5.78 Å². The summed E-state index contributed by atoms with van der Waals surface area (Å²) in [6.45, 7) is 3.05. The van der Waals surface area contributed by atoms with Crippen molar-refractivity contribution in [3.8, 4) is 0 Å². The zero-order valence-electron chi connectivity index (χ0n) is 9.44. The molecule has 0 aliphatic carbocycles. The summed E-state index contributed by atoms with van der Waals surface area (Å²) in [5.74, 6) is 0.0867. The SMILES string of the molecule is CC(=O)[CH][CH][CH][CH]c1ccc(C(C)=O)cc1. The van der Waals surface area contributed by atoms with Crippen molar-refractivity contribution in [1.82, 2.24) is 0 Å². The summed E-state index contributed by atoms with van der Waals surface area (Å²) in [5.41, 5.74) is 1.70. The van der Waals surface area contributed by atoms with Crippen molar-refractivity contribution in [2.75, 3.05) is 0 Å². The van der Waals surface area contributed by atoms with Crippen LogP contribution in [-0.2, 0) is 4.79 Å². The zero-order chi connectivity index (χ0) is 12.0. The maximum absolute atomic E-state index is 11.0. The Morgan fingerprint density at radius 3 is 2.12 bits per heavy atom. The summed E-state index contributed by atoms with van der Waals surface area (Å²) in [4.78, 5) is 21.6. The normalized spacial score (nSPS) is 10.1. The van der Waals surface area contributed by atoms with Crippen molar-refractivity contribution >= 4 is 11.6 Å². The molecule has 0 aliphatic rings. The highest BCUT2D eigenvalue weighted by molar-refractivity contribution is 5.94. The van der Waals surface area contributed by atoms with Crippen molar-refractivity contribution in [3.63, 3.8) is 0 Å². The van der Waals surface area contributed by atoms with E-state index in [4.69, 9.17) is 0 Å². The van der Waals surface area contributed by atoms with Crippen LogP contribution < -0.4 is 0 Å². The maximum Gasteiger partial charge on any atom is 0.159 e. The molecule has 2 nitrogen and oxygen atoms in total. The number of carbonyl (C=O) groups excluding carboxylic acids is 2. The first-order valence-electron chi connectivity index (χ1n) is 5.06. The van der Waals surface area contributed by atoms with Gasteiger partial charge in [-0.15, -0.1) is 0 Å². The first-order valence-corrected chi connectivity index (χ1v) is 5.06. The van der Waals surface area contributed by atoms with E-state index in [1.807, 2.05) is 18.6 Å². The second kappa shape index (κ2) is 6.21. The van der Waals surface area contributed by atoms with Crippen LogP contribution >= 0.6 is 0 Å². The Balaban J connectivity index is 2.38. The Kier molecular flexibility index (Phi) is 4.90. The van der Waals surface area contributed by atoms with Crippen LogP contribution in [0.5, 0.6) is 0 Å². The van der Waals surface area contributed by atoms with Gasteiger partial charge in [-0.3, -0.25) is 9.59 Å². The molecule has 0 amide bonds. The Hall–Kier alpha value is -1.44. The number of hydrogen-bond acceptors (Lipinski definition) is 2. The van der Waals surface area contributed by atoms with Gasteiger partial charge < -0.3 is 0 Å². The fourth-order valence-electron chi connectivity index (χ4n) is 1.19. The minimum atomic E-state index is 0.0246. The molecule has 0 heterocycles. The number of unbranched alkanes of at least 4 members (excludes halogenated alkanes) is 1. The van der Waals surface area contributed by atoms with Gasteiger partial charge in [0, 0.05) is 12.0 Å². The molecule has 4 radical (unpaired) electrons. The van der Waals surface area contributed by atoms with E-state index in [1.54, 1.807) is 31.9 Å². The highest BCUT2D eigenvalue weighted by Crippen LogP contribution is 2.10. The average Bonchev–Trinajstić information content (AvgIpc) is 2.25. The molecule has 0 bridgehead atoms. The molecular formula is C14H14O2. The predicted molar refractivity (Wildman–Crippen MR) is 63.4 cm³/mol. The van der Waals surface area contributed by atoms with Crippen LogP contribution in [-0.4, -0.2) is 11.6 Å². The number of hydrogen-bond donors (Lipinski definition) is 0. The molecule has 0 aliphatic heterocycles. The molecule has 16 heavy (non-hydrogen) atoms. The lowest BCUT2D eigenvalue weighted by Gasteiger charge is -2.01. The maximum atomic E-state index is 11.0. The van der Waals surface area contributed by atoms with Crippen LogP contribution in [0.2, 0.25) is 0 Å². The lowest BCUT2D eigenvalue weighted by atomic mass is 10.0. The Bertz CT molecular complexity index is 363. The van der Waals surface area contributed by atoms with E-state index in [9.17, 15) is 9.59 Å². The van der Waals surface area contributed by atoms with E-state index in [0.29, 0.717) is 5.56 Å². The highest BCUT2D eigenvalue weighted by atomic mass is 16.1. The van der Waals surface area contributed by atoms with E-state index < -0.39 is 0 Å². The largest absolute Gasteiger partial charge is 0.300 e. The minimum Gasteiger partial charge on any atom is -0.300 e. The molecule has 82 valence electrons. The third kappa shape index (κ3) is 4.39. The van der Waals surface area contributed by atoms with Crippen molar-refractivity contribution in [1.29, 1.82) is 0 Å². The number of rotatable bonds is 6. The summed E-state index contributed by atoms with van der Waals surface area (Å²) in [7, 11) is 0. The molecule has 0 fully saturated rings. The monoisotopic (exact) mass is 214 g/mol. The average molecular weight is 214 g/mol. The summed E-state index contributed by atoms with van der Waals surface area (Å²) in [6.07, 6.45) is 6.87. The number of Topliss-reactive ketones (excluding diaryl/α,β-unsaturated/α-hetero) is 2. The molecule has 1 aromatic carbocycles. The number of ketones is 2. The first kappa shape index (κ1) is 12.6. The Labute approximate surface area is 96.7 Å². The lowest BCUT2D eigenvalue weighted by molar-refractivity contribution is -0.113. The molecule has 0 spiro atoms. The van der Waals surface area contributed by atoms with Crippen LogP contribution in [0.1, 0.15) is 29.8 Å². The zero-order valence-corrected chi connectivity index (χ0v) is 9.44. The summed E-state index contributed by atoms with van der Waals surface area (Å²) >= 11 is 0. The van der Waals surface area contributed by atoms with Crippen molar-refractivity contribution in [2.45, 2.75) is 13.8 Å². The number of carbonyl (C=O) groups is 2. The summed E-state index contributed by atoms with van der Waals surface area (Å²) in [5, 5.41) is 0. The highest BCUT2D eigenvalue weighted by Gasteiger charge is 2.00. The fraction of sp³-hybridized carbons (Fsp3) is 0.143. The van der Waals surface area contributed by atoms with E-state index in [-0.39, 0.29) is 11.6 Å². The van der Waals surface area contributed by atoms with Gasteiger partial charge in [-0.25, -0.2) is 0 Å². The van der Waals surface area contributed by atoms with Crippen LogP contribution in [0.15, 0.2) is 24.3 Å². The van der Waals surface area contributed by atoms with Gasteiger partial charge in [-0.05, 0) is 38.7 Å². The quantitative estimate of drug-likeness (QED) is 0.539. The summed E-state index contributed by atoms with van der Waals surface area (Å²) < 4.78 is 0. The third-order valence-electron chi connectivity index (χ3n) is 2.05. The molecule has 0 atom stereocenters. The van der Waals surface area contributed by atoms with E-state index >= 15 is 0 Å². The molecule has 0 aromatic heterocycles. The number of benzene rings is 1. The third-order valence-corrected chi connectivity index (χ3v) is 2.05. The molecule has 2 heteroatoms. The molecule has 0 unspecified atom stereocenters. The van der Waals surface area contributed by atoms with Crippen LogP contribution in [0.4, 0.5) is 0 Å². The van der Waals surface area contributed by atoms with Crippen molar-refractivity contribution in [2.24, 2.45) is 0 Å². The Morgan fingerprint density at radius 1 is 1.00 bits per heavy atom. The predicted octanol–water partition coefficient (Wildman–Crippen LogP) is 2.64.